The first-order valence-electron chi connectivity index (χ1n) is 11.0. The molecule has 0 atom stereocenters. The fourth-order valence-corrected chi connectivity index (χ4v) is 3.04. The highest BCUT2D eigenvalue weighted by molar-refractivity contribution is 8.13. The Bertz CT molecular complexity index is 991. The highest BCUT2D eigenvalue weighted by atomic mass is 35.5. The van der Waals surface area contributed by atoms with Crippen LogP contribution in [0.3, 0.4) is 0 Å². The molecule has 0 bridgehead atoms. The molecule has 1 aromatic rings. The summed E-state index contributed by atoms with van der Waals surface area (Å²) in [4.78, 5) is 48.4. The van der Waals surface area contributed by atoms with Gasteiger partial charge in [-0.1, -0.05) is 28.0 Å². The van der Waals surface area contributed by atoms with E-state index in [-0.39, 0.29) is 0 Å². The van der Waals surface area contributed by atoms with Crippen molar-refractivity contribution in [2.75, 3.05) is 40.2 Å². The average Bonchev–Trinajstić information content (AvgIpc) is 2.92. The van der Waals surface area contributed by atoms with Crippen molar-refractivity contribution in [1.29, 1.82) is 0 Å². The van der Waals surface area contributed by atoms with Crippen LogP contribution in [0.15, 0.2) is 40.7 Å². The fraction of sp³-hybridized carbons (Fsp3) is 0.476. The number of carbonyl (C=O) groups excluding carboxylic acids is 2. The van der Waals surface area contributed by atoms with Gasteiger partial charge >= 0.3 is 12.2 Å². The number of hydrogen-bond acceptors (Lipinski definition) is 14. The summed E-state index contributed by atoms with van der Waals surface area (Å²) in [5, 5.41) is 22.2. The Hall–Kier alpha value is -2.89. The van der Waals surface area contributed by atoms with Gasteiger partial charge in [0.25, 0.3) is 6.20 Å². The molecule has 0 saturated heterocycles. The summed E-state index contributed by atoms with van der Waals surface area (Å²) in [5.41, 5.74) is 0.936. The van der Waals surface area contributed by atoms with E-state index < -0.39 is 17.1 Å². The van der Waals surface area contributed by atoms with Crippen molar-refractivity contribution >= 4 is 69.5 Å². The van der Waals surface area contributed by atoms with Crippen molar-refractivity contribution in [2.24, 2.45) is 10.3 Å². The number of amides is 2. The van der Waals surface area contributed by atoms with Gasteiger partial charge in [0.05, 0.1) is 17.1 Å². The van der Waals surface area contributed by atoms with Gasteiger partial charge in [-0.3, -0.25) is 19.8 Å². The Labute approximate surface area is 245 Å². The van der Waals surface area contributed by atoms with Gasteiger partial charge in [-0.15, -0.1) is 23.5 Å². The minimum Gasteiger partial charge on any atom is -0.370 e. The fourth-order valence-electron chi connectivity index (χ4n) is 2.14. The molecule has 218 valence electrons. The smallest absolute Gasteiger partial charge is 0.370 e. The topological polar surface area (TPSA) is 155 Å². The monoisotopic (exact) mass is 624 g/mol. The molecule has 18 heteroatoms. The third-order valence-electron chi connectivity index (χ3n) is 4.22. The number of hydrogen-bond donors (Lipinski definition) is 1. The van der Waals surface area contributed by atoms with Crippen LogP contribution < -0.4 is 5.32 Å². The molecule has 1 rings (SSSR count). The molecule has 0 saturated carbocycles. The summed E-state index contributed by atoms with van der Waals surface area (Å²) < 4.78 is 2.20. The van der Waals surface area contributed by atoms with E-state index in [0.29, 0.717) is 34.2 Å². The number of carbonyl (C=O) groups is 2. The average molecular weight is 625 g/mol. The van der Waals surface area contributed by atoms with Crippen LogP contribution in [-0.4, -0.2) is 85.9 Å². The third kappa shape index (κ3) is 16.0. The molecule has 1 aromatic heterocycles. The van der Waals surface area contributed by atoms with Gasteiger partial charge in [-0.2, -0.15) is 0 Å². The second-order valence-corrected chi connectivity index (χ2v) is 10.6. The number of rotatable bonds is 10. The van der Waals surface area contributed by atoms with Crippen LogP contribution in [0.25, 0.3) is 0 Å². The minimum absolute atomic E-state index is 0.427. The lowest BCUT2D eigenvalue weighted by Gasteiger charge is -2.23. The Kier molecular flexibility index (Phi) is 18.6. The van der Waals surface area contributed by atoms with Crippen molar-refractivity contribution in [3.8, 4) is 0 Å². The van der Waals surface area contributed by atoms with Crippen molar-refractivity contribution in [3.05, 3.63) is 51.2 Å². The maximum atomic E-state index is 11.6. The van der Waals surface area contributed by atoms with Crippen LogP contribution >= 0.6 is 47.3 Å². The maximum Gasteiger partial charge on any atom is 0.447 e. The standard InChI is InChI=1S/C11H15ClN4O2.C10H18N4O4S3/c1-3-15(11(13-2)8-16(17)18)7-9-4-5-10(12)14-6-9;1-7(19-5)11-17-9(15)13(3)21-14(4)10(16)18-12-8(2)20-6/h4-6,8,13H,3,7H2,1-2H3;1-6H3/b11-8+;11-7-,12-8-. The van der Waals surface area contributed by atoms with Crippen molar-refractivity contribution < 1.29 is 24.2 Å². The van der Waals surface area contributed by atoms with Gasteiger partial charge in [0.15, 0.2) is 5.82 Å². The van der Waals surface area contributed by atoms with Crippen LogP contribution in [0, 0.1) is 10.1 Å². The zero-order chi connectivity index (χ0) is 30.0. The summed E-state index contributed by atoms with van der Waals surface area (Å²) in [5.74, 6) is 0.456. The summed E-state index contributed by atoms with van der Waals surface area (Å²) >= 11 is 9.21. The number of oxime groups is 2. The largest absolute Gasteiger partial charge is 0.447 e. The van der Waals surface area contributed by atoms with Gasteiger partial charge < -0.3 is 10.2 Å². The van der Waals surface area contributed by atoms with Crippen LogP contribution in [-0.2, 0) is 16.2 Å². The molecular formula is C21H33ClN8O6S3. The lowest BCUT2D eigenvalue weighted by molar-refractivity contribution is -0.404. The molecule has 0 aromatic carbocycles. The summed E-state index contributed by atoms with van der Waals surface area (Å²) in [6.45, 7) is 6.51. The second kappa shape index (κ2) is 20.1. The highest BCUT2D eigenvalue weighted by Gasteiger charge is 2.19. The van der Waals surface area contributed by atoms with Crippen LogP contribution in [0.4, 0.5) is 9.59 Å². The molecule has 0 aliphatic rings. The Morgan fingerprint density at radius 2 is 1.64 bits per heavy atom. The Balaban J connectivity index is 0.000000748. The van der Waals surface area contributed by atoms with Gasteiger partial charge in [-0.25, -0.2) is 23.2 Å². The van der Waals surface area contributed by atoms with Crippen molar-refractivity contribution in [2.45, 2.75) is 27.3 Å². The first-order chi connectivity index (χ1) is 18.4. The van der Waals surface area contributed by atoms with E-state index in [1.807, 2.05) is 30.4 Å². The van der Waals surface area contributed by atoms with Gasteiger partial charge in [0.2, 0.25) is 0 Å². The Morgan fingerprint density at radius 3 is 2.00 bits per heavy atom. The summed E-state index contributed by atoms with van der Waals surface area (Å²) in [7, 11) is 4.53. The first-order valence-corrected chi connectivity index (χ1v) is 14.6. The summed E-state index contributed by atoms with van der Waals surface area (Å²) in [6.07, 6.45) is 4.81. The van der Waals surface area contributed by atoms with E-state index in [2.05, 4.69) is 30.3 Å². The molecule has 1 heterocycles. The molecule has 0 spiro atoms. The number of aromatic nitrogens is 1. The van der Waals surface area contributed by atoms with Gasteiger partial charge in [0.1, 0.15) is 15.2 Å². The lowest BCUT2D eigenvalue weighted by Crippen LogP contribution is -2.30. The molecule has 0 unspecified atom stereocenters. The van der Waals surface area contributed by atoms with E-state index in [9.17, 15) is 19.7 Å². The molecule has 0 radical (unpaired) electrons. The maximum absolute atomic E-state index is 11.6. The van der Waals surface area contributed by atoms with Crippen LogP contribution in [0.1, 0.15) is 26.3 Å². The predicted molar refractivity (Wildman–Crippen MR) is 159 cm³/mol. The number of nitrogens with zero attached hydrogens (tertiary/aromatic N) is 7. The quantitative estimate of drug-likeness (QED) is 0.0713. The zero-order valence-electron chi connectivity index (χ0n) is 22.9. The molecule has 0 aliphatic carbocycles. The minimum atomic E-state index is -0.711. The third-order valence-corrected chi connectivity index (χ3v) is 6.57. The van der Waals surface area contributed by atoms with E-state index in [1.54, 1.807) is 33.2 Å². The molecule has 39 heavy (non-hydrogen) atoms. The van der Waals surface area contributed by atoms with Gasteiger partial charge in [-0.05, 0) is 44.9 Å². The Morgan fingerprint density at radius 1 is 1.13 bits per heavy atom. The number of pyridine rings is 1. The second-order valence-electron chi connectivity index (χ2n) is 6.97. The molecule has 0 fully saturated rings. The molecule has 14 nitrogen and oxygen atoms in total. The number of nitrogens with one attached hydrogen (secondary N) is 1. The van der Waals surface area contributed by atoms with E-state index >= 15 is 0 Å². The van der Waals surface area contributed by atoms with Gasteiger partial charge in [0, 0.05) is 40.4 Å². The molecule has 1 N–H and O–H groups in total. The number of thioether (sulfide) groups is 2. The van der Waals surface area contributed by atoms with Crippen molar-refractivity contribution in [1.82, 2.24) is 23.8 Å². The highest BCUT2D eigenvalue weighted by Crippen LogP contribution is 2.15. The van der Waals surface area contributed by atoms with Crippen LogP contribution in [0.5, 0.6) is 0 Å². The lowest BCUT2D eigenvalue weighted by atomic mass is 10.2. The zero-order valence-corrected chi connectivity index (χ0v) is 26.1. The van der Waals surface area contributed by atoms with E-state index in [1.165, 1.54) is 37.6 Å². The number of nitro groups is 1. The number of halogens is 1. The molecular weight excluding hydrogens is 592 g/mol. The first kappa shape index (κ1) is 36.1. The van der Waals surface area contributed by atoms with Crippen molar-refractivity contribution in [3.63, 3.8) is 0 Å². The summed E-state index contributed by atoms with van der Waals surface area (Å²) in [6, 6.07) is 3.54. The predicted octanol–water partition coefficient (Wildman–Crippen LogP) is 4.93. The SMILES string of the molecule is CCN(Cc1ccc(Cl)nc1)/C(=C/[N+](=O)[O-])NC.CS/C(C)=N\OC(=O)N(C)SN(C)C(=O)O/N=C(/C)SC. The molecule has 2 amide bonds. The normalized spacial score (nSPS) is 11.6. The molecule has 0 aliphatic heterocycles. The van der Waals surface area contributed by atoms with Crippen LogP contribution in [0.2, 0.25) is 5.15 Å². The van der Waals surface area contributed by atoms with E-state index in [0.717, 1.165) is 32.5 Å². The van der Waals surface area contributed by atoms with E-state index in [4.69, 9.17) is 11.6 Å².